The van der Waals surface area contributed by atoms with Gasteiger partial charge in [-0.05, 0) is 54.2 Å². The summed E-state index contributed by atoms with van der Waals surface area (Å²) in [5, 5.41) is 12.8. The van der Waals surface area contributed by atoms with Crippen molar-refractivity contribution < 1.29 is 5.11 Å². The minimum absolute atomic E-state index is 0.326. The lowest BCUT2D eigenvalue weighted by Gasteiger charge is -2.36. The molecular formula is C17H18BrNO. The van der Waals surface area contributed by atoms with Gasteiger partial charge in [0.05, 0.1) is 0 Å². The largest absolute Gasteiger partial charge is 0.508 e. The van der Waals surface area contributed by atoms with Crippen molar-refractivity contribution in [3.05, 3.63) is 64.1 Å². The molecule has 0 heterocycles. The lowest BCUT2D eigenvalue weighted by molar-refractivity contribution is 0.289. The summed E-state index contributed by atoms with van der Waals surface area (Å²) < 4.78 is 1.16. The van der Waals surface area contributed by atoms with Crippen LogP contribution in [0.3, 0.4) is 0 Å². The van der Waals surface area contributed by atoms with Crippen molar-refractivity contribution >= 4 is 15.9 Å². The summed E-state index contributed by atoms with van der Waals surface area (Å²) in [5.41, 5.74) is 2.65. The predicted molar refractivity (Wildman–Crippen MR) is 84.9 cm³/mol. The van der Waals surface area contributed by atoms with E-state index in [9.17, 15) is 5.11 Å². The zero-order valence-corrected chi connectivity index (χ0v) is 12.8. The molecule has 0 aromatic heterocycles. The van der Waals surface area contributed by atoms with Crippen molar-refractivity contribution in [3.8, 4) is 5.75 Å². The fourth-order valence-electron chi connectivity index (χ4n) is 2.69. The van der Waals surface area contributed by atoms with Crippen LogP contribution < -0.4 is 5.32 Å². The average molecular weight is 332 g/mol. The van der Waals surface area contributed by atoms with E-state index in [4.69, 9.17) is 0 Å². The maximum atomic E-state index is 9.25. The molecule has 2 nitrogen and oxygen atoms in total. The number of benzene rings is 2. The molecule has 0 radical (unpaired) electrons. The van der Waals surface area contributed by atoms with Gasteiger partial charge in [0.2, 0.25) is 0 Å². The van der Waals surface area contributed by atoms with E-state index in [0.29, 0.717) is 17.7 Å². The Labute approximate surface area is 128 Å². The van der Waals surface area contributed by atoms with E-state index in [0.717, 1.165) is 11.0 Å². The van der Waals surface area contributed by atoms with Gasteiger partial charge in [0.25, 0.3) is 0 Å². The van der Waals surface area contributed by atoms with Crippen molar-refractivity contribution in [3.63, 3.8) is 0 Å². The van der Waals surface area contributed by atoms with Gasteiger partial charge in [-0.3, -0.25) is 0 Å². The van der Waals surface area contributed by atoms with Crippen molar-refractivity contribution in [2.75, 3.05) is 0 Å². The standard InChI is InChI=1S/C17H18BrNO/c18-15-3-1-2-13(8-15)14-9-16(10-14)19-11-12-4-6-17(20)7-5-12/h1-8,14,16,19-20H,9-11H2. The molecule has 0 amide bonds. The minimum Gasteiger partial charge on any atom is -0.508 e. The first-order valence-corrected chi connectivity index (χ1v) is 7.77. The topological polar surface area (TPSA) is 32.3 Å². The van der Waals surface area contributed by atoms with Gasteiger partial charge in [-0.25, -0.2) is 0 Å². The van der Waals surface area contributed by atoms with E-state index in [-0.39, 0.29) is 0 Å². The minimum atomic E-state index is 0.326. The second kappa shape index (κ2) is 5.98. The van der Waals surface area contributed by atoms with Crippen LogP contribution in [0.1, 0.15) is 29.9 Å². The highest BCUT2D eigenvalue weighted by Gasteiger charge is 2.29. The van der Waals surface area contributed by atoms with E-state index in [1.54, 1.807) is 12.1 Å². The molecule has 104 valence electrons. The fourth-order valence-corrected chi connectivity index (χ4v) is 3.11. The van der Waals surface area contributed by atoms with Crippen LogP contribution >= 0.6 is 15.9 Å². The van der Waals surface area contributed by atoms with Crippen LogP contribution in [0.4, 0.5) is 0 Å². The normalized spacial score (nSPS) is 21.4. The molecule has 2 aromatic carbocycles. The molecule has 2 aromatic rings. The number of hydrogen-bond donors (Lipinski definition) is 2. The SMILES string of the molecule is Oc1ccc(CNC2CC(c3cccc(Br)c3)C2)cc1. The molecule has 1 fully saturated rings. The maximum Gasteiger partial charge on any atom is 0.115 e. The van der Waals surface area contributed by atoms with E-state index in [2.05, 4.69) is 45.5 Å². The van der Waals surface area contributed by atoms with Gasteiger partial charge in [-0.15, -0.1) is 0 Å². The van der Waals surface area contributed by atoms with E-state index in [1.807, 2.05) is 12.1 Å². The van der Waals surface area contributed by atoms with Crippen LogP contribution in [-0.2, 0) is 6.54 Å². The Kier molecular flexibility index (Phi) is 4.08. The Morgan fingerprint density at radius 3 is 2.55 bits per heavy atom. The van der Waals surface area contributed by atoms with Crippen molar-refractivity contribution in [2.45, 2.75) is 31.3 Å². The molecule has 20 heavy (non-hydrogen) atoms. The molecule has 0 spiro atoms. The number of rotatable bonds is 4. The lowest BCUT2D eigenvalue weighted by atomic mass is 9.76. The molecule has 0 saturated heterocycles. The third-order valence-corrected chi connectivity index (χ3v) is 4.48. The fraction of sp³-hybridized carbons (Fsp3) is 0.294. The summed E-state index contributed by atoms with van der Waals surface area (Å²) in [5.74, 6) is 1.01. The highest BCUT2D eigenvalue weighted by molar-refractivity contribution is 9.10. The second-order valence-electron chi connectivity index (χ2n) is 5.47. The van der Waals surface area contributed by atoms with Gasteiger partial charge >= 0.3 is 0 Å². The summed E-state index contributed by atoms with van der Waals surface area (Å²) in [6.45, 7) is 0.871. The molecular weight excluding hydrogens is 314 g/mol. The van der Waals surface area contributed by atoms with Crippen molar-refractivity contribution in [1.29, 1.82) is 0 Å². The van der Waals surface area contributed by atoms with Crippen LogP contribution in [0.2, 0.25) is 0 Å². The van der Waals surface area contributed by atoms with Crippen molar-refractivity contribution in [2.24, 2.45) is 0 Å². The number of halogens is 1. The number of phenols is 1. The molecule has 2 N–H and O–H groups in total. The Morgan fingerprint density at radius 1 is 1.10 bits per heavy atom. The van der Waals surface area contributed by atoms with E-state index in [1.165, 1.54) is 24.0 Å². The summed E-state index contributed by atoms with van der Waals surface area (Å²) >= 11 is 3.53. The monoisotopic (exact) mass is 331 g/mol. The quantitative estimate of drug-likeness (QED) is 0.880. The first kappa shape index (κ1) is 13.7. The van der Waals surface area contributed by atoms with Gasteiger partial charge in [0, 0.05) is 17.1 Å². The summed E-state index contributed by atoms with van der Waals surface area (Å²) in [7, 11) is 0. The predicted octanol–water partition coefficient (Wildman–Crippen LogP) is 4.19. The van der Waals surface area contributed by atoms with Crippen LogP contribution in [0, 0.1) is 0 Å². The first-order valence-electron chi connectivity index (χ1n) is 6.97. The molecule has 1 saturated carbocycles. The number of phenolic OH excluding ortho intramolecular Hbond substituents is 1. The summed E-state index contributed by atoms with van der Waals surface area (Å²) in [4.78, 5) is 0. The molecule has 1 aliphatic carbocycles. The van der Waals surface area contributed by atoms with Crippen molar-refractivity contribution in [1.82, 2.24) is 5.32 Å². The third-order valence-electron chi connectivity index (χ3n) is 3.99. The van der Waals surface area contributed by atoms with Gasteiger partial charge < -0.3 is 10.4 Å². The smallest absolute Gasteiger partial charge is 0.115 e. The molecule has 0 unspecified atom stereocenters. The number of nitrogens with one attached hydrogen (secondary N) is 1. The van der Waals surface area contributed by atoms with Gasteiger partial charge in [-0.1, -0.05) is 40.2 Å². The van der Waals surface area contributed by atoms with Gasteiger partial charge in [0.15, 0.2) is 0 Å². The molecule has 0 aliphatic heterocycles. The Balaban J connectivity index is 1.48. The summed E-state index contributed by atoms with van der Waals surface area (Å²) in [6.07, 6.45) is 2.41. The first-order chi connectivity index (χ1) is 9.70. The summed E-state index contributed by atoms with van der Waals surface area (Å²) in [6, 6.07) is 16.6. The Morgan fingerprint density at radius 2 is 1.85 bits per heavy atom. The molecule has 3 rings (SSSR count). The molecule has 0 bridgehead atoms. The average Bonchev–Trinajstić information content (AvgIpc) is 2.39. The van der Waals surface area contributed by atoms with Crippen LogP contribution in [0.15, 0.2) is 53.0 Å². The van der Waals surface area contributed by atoms with Crippen LogP contribution in [0.5, 0.6) is 5.75 Å². The molecule has 0 atom stereocenters. The highest BCUT2D eigenvalue weighted by Crippen LogP contribution is 2.37. The second-order valence-corrected chi connectivity index (χ2v) is 6.38. The lowest BCUT2D eigenvalue weighted by Crippen LogP contribution is -2.39. The number of hydrogen-bond acceptors (Lipinski definition) is 2. The third kappa shape index (κ3) is 3.22. The highest BCUT2D eigenvalue weighted by atomic mass is 79.9. The zero-order valence-electron chi connectivity index (χ0n) is 11.2. The van der Waals surface area contributed by atoms with Crippen LogP contribution in [-0.4, -0.2) is 11.1 Å². The zero-order chi connectivity index (χ0) is 13.9. The Bertz CT molecular complexity index is 576. The van der Waals surface area contributed by atoms with Gasteiger partial charge in [0.1, 0.15) is 5.75 Å². The molecule has 3 heteroatoms. The van der Waals surface area contributed by atoms with Gasteiger partial charge in [-0.2, -0.15) is 0 Å². The van der Waals surface area contributed by atoms with Crippen LogP contribution in [0.25, 0.3) is 0 Å². The van der Waals surface area contributed by atoms with E-state index >= 15 is 0 Å². The molecule has 1 aliphatic rings. The maximum absolute atomic E-state index is 9.25. The Hall–Kier alpha value is -1.32. The number of aromatic hydroxyl groups is 1. The van der Waals surface area contributed by atoms with E-state index < -0.39 is 0 Å².